The number of carbonyl (C=O) groups is 2. The van der Waals surface area contributed by atoms with Gasteiger partial charge in [0.15, 0.2) is 10.9 Å². The van der Waals surface area contributed by atoms with E-state index in [1.165, 1.54) is 11.8 Å². The number of hydrogen-bond acceptors (Lipinski definition) is 6. The number of hydrogen-bond donors (Lipinski definition) is 2. The average Bonchev–Trinajstić information content (AvgIpc) is 3.02. The minimum absolute atomic E-state index is 0.000173. The summed E-state index contributed by atoms with van der Waals surface area (Å²) in [5, 5.41) is 10.1. The fraction of sp³-hybridized carbons (Fsp3) is 0.400. The molecule has 2 aromatic heterocycles. The van der Waals surface area contributed by atoms with Crippen molar-refractivity contribution in [1.82, 2.24) is 30.4 Å². The van der Waals surface area contributed by atoms with E-state index in [1.54, 1.807) is 18.1 Å². The highest BCUT2D eigenvalue weighted by Gasteiger charge is 2.27. The molecular weight excluding hydrogens is 328 g/mol. The number of amides is 2. The lowest BCUT2D eigenvalue weighted by Gasteiger charge is -2.26. The Morgan fingerprint density at radius 1 is 1.46 bits per heavy atom. The molecule has 0 fully saturated rings. The standard InChI is InChI=1S/C15H18N6O2S/c1-9-3-5-17-15(18-9)24-8-12(22)21-6-4-11-10(7-21)13(20-19-11)14(23)16-2/h3,5H,4,6-8H2,1-2H3,(H,16,23)(H,19,20). The van der Waals surface area contributed by atoms with E-state index in [2.05, 4.69) is 25.5 Å². The Balaban J connectivity index is 1.65. The summed E-state index contributed by atoms with van der Waals surface area (Å²) in [6, 6.07) is 1.82. The molecule has 2 amide bonds. The maximum absolute atomic E-state index is 12.5. The second-order valence-electron chi connectivity index (χ2n) is 5.44. The number of nitrogens with zero attached hydrogens (tertiary/aromatic N) is 4. The van der Waals surface area contributed by atoms with Crippen LogP contribution in [0.15, 0.2) is 17.4 Å². The summed E-state index contributed by atoms with van der Waals surface area (Å²) in [4.78, 5) is 34.5. The zero-order chi connectivity index (χ0) is 17.1. The van der Waals surface area contributed by atoms with Crippen LogP contribution < -0.4 is 5.32 Å². The van der Waals surface area contributed by atoms with Gasteiger partial charge in [0.2, 0.25) is 5.91 Å². The largest absolute Gasteiger partial charge is 0.354 e. The summed E-state index contributed by atoms with van der Waals surface area (Å²) in [7, 11) is 1.56. The molecule has 0 aromatic carbocycles. The first kappa shape index (κ1) is 16.4. The molecular formula is C15H18N6O2S. The second-order valence-corrected chi connectivity index (χ2v) is 6.39. The molecule has 3 heterocycles. The van der Waals surface area contributed by atoms with Crippen molar-refractivity contribution in [2.24, 2.45) is 0 Å². The van der Waals surface area contributed by atoms with Crippen LogP contribution in [0.2, 0.25) is 0 Å². The maximum atomic E-state index is 12.5. The molecule has 0 radical (unpaired) electrons. The van der Waals surface area contributed by atoms with Gasteiger partial charge in [-0.15, -0.1) is 0 Å². The predicted octanol–water partition coefficient (Wildman–Crippen LogP) is 0.545. The molecule has 24 heavy (non-hydrogen) atoms. The molecule has 0 saturated heterocycles. The number of thioether (sulfide) groups is 1. The Hall–Kier alpha value is -2.42. The van der Waals surface area contributed by atoms with E-state index in [0.717, 1.165) is 17.0 Å². The highest BCUT2D eigenvalue weighted by molar-refractivity contribution is 7.99. The number of aromatic nitrogens is 4. The van der Waals surface area contributed by atoms with Crippen molar-refractivity contribution in [1.29, 1.82) is 0 Å². The Labute approximate surface area is 143 Å². The average molecular weight is 346 g/mol. The van der Waals surface area contributed by atoms with E-state index >= 15 is 0 Å². The van der Waals surface area contributed by atoms with Crippen LogP contribution in [0.25, 0.3) is 0 Å². The zero-order valence-corrected chi connectivity index (χ0v) is 14.3. The molecule has 126 valence electrons. The fourth-order valence-corrected chi connectivity index (χ4v) is 3.31. The van der Waals surface area contributed by atoms with Crippen LogP contribution in [-0.2, 0) is 17.8 Å². The fourth-order valence-electron chi connectivity index (χ4n) is 2.53. The topological polar surface area (TPSA) is 104 Å². The lowest BCUT2D eigenvalue weighted by Crippen LogP contribution is -2.37. The highest BCUT2D eigenvalue weighted by Crippen LogP contribution is 2.22. The Morgan fingerprint density at radius 3 is 3.04 bits per heavy atom. The van der Waals surface area contributed by atoms with Crippen LogP contribution in [0.4, 0.5) is 0 Å². The Kier molecular flexibility index (Phi) is 4.79. The van der Waals surface area contributed by atoms with Crippen molar-refractivity contribution in [2.45, 2.75) is 25.0 Å². The van der Waals surface area contributed by atoms with Crippen LogP contribution in [-0.4, -0.2) is 56.2 Å². The van der Waals surface area contributed by atoms with Gasteiger partial charge in [-0.05, 0) is 13.0 Å². The van der Waals surface area contributed by atoms with Gasteiger partial charge >= 0.3 is 0 Å². The van der Waals surface area contributed by atoms with Crippen molar-refractivity contribution in [3.8, 4) is 0 Å². The molecule has 8 nitrogen and oxygen atoms in total. The monoisotopic (exact) mass is 346 g/mol. The lowest BCUT2D eigenvalue weighted by molar-refractivity contribution is -0.129. The van der Waals surface area contributed by atoms with Crippen molar-refractivity contribution in [3.63, 3.8) is 0 Å². The summed E-state index contributed by atoms with van der Waals surface area (Å²) in [5.74, 6) is 0.0236. The number of carbonyl (C=O) groups excluding carboxylic acids is 2. The molecule has 0 aliphatic carbocycles. The number of aromatic amines is 1. The number of nitrogens with one attached hydrogen (secondary N) is 2. The van der Waals surface area contributed by atoms with E-state index in [9.17, 15) is 9.59 Å². The van der Waals surface area contributed by atoms with Crippen molar-refractivity contribution in [3.05, 3.63) is 34.9 Å². The van der Waals surface area contributed by atoms with E-state index < -0.39 is 0 Å². The molecule has 2 aromatic rings. The van der Waals surface area contributed by atoms with Crippen LogP contribution >= 0.6 is 11.8 Å². The number of aryl methyl sites for hydroxylation is 1. The molecule has 0 saturated carbocycles. The summed E-state index contributed by atoms with van der Waals surface area (Å²) < 4.78 is 0. The first-order chi connectivity index (χ1) is 11.6. The van der Waals surface area contributed by atoms with Crippen molar-refractivity contribution < 1.29 is 9.59 Å². The smallest absolute Gasteiger partial charge is 0.271 e. The zero-order valence-electron chi connectivity index (χ0n) is 13.5. The number of rotatable bonds is 4. The van der Waals surface area contributed by atoms with E-state index in [1.807, 2.05) is 13.0 Å². The molecule has 2 N–H and O–H groups in total. The number of H-pyrrole nitrogens is 1. The molecule has 0 atom stereocenters. The third-order valence-corrected chi connectivity index (χ3v) is 4.67. The van der Waals surface area contributed by atoms with Gasteiger partial charge < -0.3 is 10.2 Å². The summed E-state index contributed by atoms with van der Waals surface area (Å²) >= 11 is 1.32. The maximum Gasteiger partial charge on any atom is 0.271 e. The first-order valence-corrected chi connectivity index (χ1v) is 8.55. The highest BCUT2D eigenvalue weighted by atomic mass is 32.2. The van der Waals surface area contributed by atoms with Gasteiger partial charge in [0.25, 0.3) is 5.91 Å². The molecule has 0 spiro atoms. The van der Waals surface area contributed by atoms with Crippen LogP contribution in [0, 0.1) is 6.92 Å². The van der Waals surface area contributed by atoms with Crippen LogP contribution in [0.5, 0.6) is 0 Å². The minimum atomic E-state index is -0.246. The van der Waals surface area contributed by atoms with Crippen molar-refractivity contribution >= 4 is 23.6 Å². The van der Waals surface area contributed by atoms with Gasteiger partial charge in [-0.1, -0.05) is 11.8 Å². The molecule has 3 rings (SSSR count). The third kappa shape index (κ3) is 3.40. The van der Waals surface area contributed by atoms with E-state index in [0.29, 0.717) is 30.4 Å². The van der Waals surface area contributed by atoms with Gasteiger partial charge in [-0.3, -0.25) is 14.7 Å². The summed E-state index contributed by atoms with van der Waals surface area (Å²) in [6.45, 7) is 2.89. The first-order valence-electron chi connectivity index (χ1n) is 7.57. The predicted molar refractivity (Wildman–Crippen MR) is 88.6 cm³/mol. The second kappa shape index (κ2) is 7.00. The normalized spacial score (nSPS) is 13.5. The minimum Gasteiger partial charge on any atom is -0.354 e. The number of fused-ring (bicyclic) bond motifs is 1. The van der Waals surface area contributed by atoms with Gasteiger partial charge in [-0.2, -0.15) is 5.10 Å². The van der Waals surface area contributed by atoms with E-state index in [-0.39, 0.29) is 17.6 Å². The van der Waals surface area contributed by atoms with Gasteiger partial charge in [0.05, 0.1) is 5.75 Å². The van der Waals surface area contributed by atoms with Crippen LogP contribution in [0.1, 0.15) is 27.4 Å². The van der Waals surface area contributed by atoms with Gasteiger partial charge in [-0.25, -0.2) is 9.97 Å². The van der Waals surface area contributed by atoms with E-state index in [4.69, 9.17) is 0 Å². The molecule has 0 unspecified atom stereocenters. The molecule has 1 aliphatic rings. The Bertz CT molecular complexity index is 775. The third-order valence-electron chi connectivity index (χ3n) is 3.83. The lowest BCUT2D eigenvalue weighted by atomic mass is 10.1. The Morgan fingerprint density at radius 2 is 2.29 bits per heavy atom. The molecule has 1 aliphatic heterocycles. The van der Waals surface area contributed by atoms with Crippen LogP contribution in [0.3, 0.4) is 0 Å². The van der Waals surface area contributed by atoms with Gasteiger partial charge in [0.1, 0.15) is 0 Å². The molecule has 0 bridgehead atoms. The SMILES string of the molecule is CNC(=O)c1n[nH]c2c1CN(C(=O)CSc1nccc(C)n1)CC2. The molecule has 9 heteroatoms. The quantitative estimate of drug-likeness (QED) is 0.619. The van der Waals surface area contributed by atoms with Crippen molar-refractivity contribution in [2.75, 3.05) is 19.3 Å². The summed E-state index contributed by atoms with van der Waals surface area (Å²) in [6.07, 6.45) is 2.35. The van der Waals surface area contributed by atoms with Gasteiger partial charge in [0, 0.05) is 49.7 Å². The summed E-state index contributed by atoms with van der Waals surface area (Å²) in [5.41, 5.74) is 2.95.